The second-order valence-electron chi connectivity index (χ2n) is 8.20. The third kappa shape index (κ3) is 4.18. The summed E-state index contributed by atoms with van der Waals surface area (Å²) < 4.78 is 1.67. The number of carbonyl (C=O) groups excluding carboxylic acids is 2. The fraction of sp³-hybridized carbons (Fsp3) is 0.0769. The number of benzene rings is 3. The number of nitrogens with zero attached hydrogens (tertiary/aromatic N) is 5. The van der Waals surface area contributed by atoms with Crippen molar-refractivity contribution in [3.8, 4) is 0 Å². The number of anilines is 1. The van der Waals surface area contributed by atoms with Gasteiger partial charge >= 0.3 is 0 Å². The van der Waals surface area contributed by atoms with Gasteiger partial charge in [0.25, 0.3) is 17.5 Å². The van der Waals surface area contributed by atoms with Gasteiger partial charge in [-0.25, -0.2) is 4.90 Å². The molecule has 0 aliphatic carbocycles. The first-order valence-corrected chi connectivity index (χ1v) is 11.7. The van der Waals surface area contributed by atoms with E-state index in [1.165, 1.54) is 12.4 Å². The zero-order valence-corrected chi connectivity index (χ0v) is 20.1. The minimum atomic E-state index is -0.496. The van der Waals surface area contributed by atoms with E-state index in [0.717, 1.165) is 22.2 Å². The fourth-order valence-electron chi connectivity index (χ4n) is 3.98. The van der Waals surface area contributed by atoms with Gasteiger partial charge < -0.3 is 4.57 Å². The minimum absolute atomic E-state index is 0.125. The van der Waals surface area contributed by atoms with Crippen LogP contribution in [0.3, 0.4) is 0 Å². The molecule has 1 aliphatic heterocycles. The van der Waals surface area contributed by atoms with Gasteiger partial charge in [-0.1, -0.05) is 36.4 Å². The molecule has 178 valence electrons. The van der Waals surface area contributed by atoms with Gasteiger partial charge in [0.1, 0.15) is 6.33 Å². The molecule has 0 fully saturated rings. The van der Waals surface area contributed by atoms with Crippen LogP contribution in [0.15, 0.2) is 83.1 Å². The van der Waals surface area contributed by atoms with Gasteiger partial charge in [-0.2, -0.15) is 0 Å². The smallest absolute Gasteiger partial charge is 0.283 e. The number of imide groups is 1. The molecule has 0 saturated carbocycles. The number of rotatable bonds is 5. The molecule has 5 rings (SSSR count). The van der Waals surface area contributed by atoms with Crippen LogP contribution in [0.5, 0.6) is 0 Å². The zero-order chi connectivity index (χ0) is 25.4. The van der Waals surface area contributed by atoms with Gasteiger partial charge in [0.15, 0.2) is 5.16 Å². The van der Waals surface area contributed by atoms with E-state index < -0.39 is 16.7 Å². The summed E-state index contributed by atoms with van der Waals surface area (Å²) in [6, 6.07) is 18.7. The van der Waals surface area contributed by atoms with Crippen molar-refractivity contribution in [2.75, 3.05) is 4.90 Å². The molecule has 0 saturated heterocycles. The van der Waals surface area contributed by atoms with Gasteiger partial charge in [-0.15, -0.1) is 10.2 Å². The van der Waals surface area contributed by atoms with E-state index in [2.05, 4.69) is 10.2 Å². The molecule has 0 unspecified atom stereocenters. The highest BCUT2D eigenvalue weighted by Crippen LogP contribution is 2.37. The van der Waals surface area contributed by atoms with Crippen LogP contribution in [0.1, 0.15) is 27.0 Å². The third-order valence-electron chi connectivity index (χ3n) is 5.71. The lowest BCUT2D eigenvalue weighted by Crippen LogP contribution is -2.41. The molecule has 0 atom stereocenters. The van der Waals surface area contributed by atoms with Crippen LogP contribution in [0.2, 0.25) is 0 Å². The predicted octanol–water partition coefficient (Wildman–Crippen LogP) is 4.91. The van der Waals surface area contributed by atoms with Gasteiger partial charge in [0, 0.05) is 24.3 Å². The Morgan fingerprint density at radius 2 is 1.75 bits per heavy atom. The van der Waals surface area contributed by atoms with E-state index in [1.807, 2.05) is 13.0 Å². The molecule has 10 heteroatoms. The third-order valence-corrected chi connectivity index (χ3v) is 6.82. The normalized spacial score (nSPS) is 14.3. The Morgan fingerprint density at radius 1 is 0.972 bits per heavy atom. The van der Waals surface area contributed by atoms with Crippen LogP contribution in [0, 0.1) is 17.0 Å². The molecule has 9 nitrogen and oxygen atoms in total. The maximum atomic E-state index is 13.6. The van der Waals surface area contributed by atoms with Crippen molar-refractivity contribution in [3.05, 3.63) is 105 Å². The van der Waals surface area contributed by atoms with Crippen LogP contribution in [-0.2, 0) is 11.8 Å². The first-order chi connectivity index (χ1) is 17.3. The highest BCUT2D eigenvalue weighted by atomic mass is 32.2. The van der Waals surface area contributed by atoms with Crippen molar-refractivity contribution in [3.63, 3.8) is 0 Å². The van der Waals surface area contributed by atoms with Crippen LogP contribution >= 0.6 is 11.8 Å². The molecule has 2 amide bonds. The highest BCUT2D eigenvalue weighted by molar-refractivity contribution is 7.99. The topological polar surface area (TPSA) is 111 Å². The average molecular weight is 498 g/mol. The van der Waals surface area contributed by atoms with Crippen LogP contribution in [0.4, 0.5) is 11.4 Å². The molecule has 1 aliphatic rings. The van der Waals surface area contributed by atoms with Crippen LogP contribution in [-0.4, -0.2) is 31.5 Å². The summed E-state index contributed by atoms with van der Waals surface area (Å²) in [7, 11) is 1.75. The Balaban J connectivity index is 1.61. The van der Waals surface area contributed by atoms with Crippen molar-refractivity contribution < 1.29 is 14.5 Å². The molecule has 4 aromatic rings. The minimum Gasteiger partial charge on any atom is -0.311 e. The van der Waals surface area contributed by atoms with E-state index in [9.17, 15) is 19.7 Å². The lowest BCUT2D eigenvalue weighted by atomic mass is 9.91. The van der Waals surface area contributed by atoms with Gasteiger partial charge in [0.2, 0.25) is 0 Å². The second kappa shape index (κ2) is 9.23. The van der Waals surface area contributed by atoms with Crippen molar-refractivity contribution in [2.45, 2.75) is 17.0 Å². The van der Waals surface area contributed by atoms with Crippen molar-refractivity contribution in [1.29, 1.82) is 0 Å². The number of hydrogen-bond donors (Lipinski definition) is 0. The molecular formula is C26H19N5O4S. The van der Waals surface area contributed by atoms with Crippen molar-refractivity contribution >= 4 is 46.6 Å². The number of nitro benzene ring substituents is 1. The van der Waals surface area contributed by atoms with Gasteiger partial charge in [-0.3, -0.25) is 19.7 Å². The van der Waals surface area contributed by atoms with Crippen molar-refractivity contribution in [1.82, 2.24) is 14.8 Å². The van der Waals surface area contributed by atoms with E-state index in [-0.39, 0.29) is 11.3 Å². The number of hydrogen-bond acceptors (Lipinski definition) is 7. The van der Waals surface area contributed by atoms with Gasteiger partial charge in [0.05, 0.1) is 15.5 Å². The number of fused-ring (bicyclic) bond motifs is 1. The number of amides is 2. The Bertz CT molecular complexity index is 1580. The first-order valence-electron chi connectivity index (χ1n) is 10.9. The van der Waals surface area contributed by atoms with Crippen LogP contribution < -0.4 is 4.90 Å². The fourth-order valence-corrected chi connectivity index (χ4v) is 4.83. The Labute approximate surface area is 210 Å². The lowest BCUT2D eigenvalue weighted by molar-refractivity contribution is -0.387. The highest BCUT2D eigenvalue weighted by Gasteiger charge is 2.35. The molecule has 0 N–H and O–H groups in total. The number of aromatic nitrogens is 3. The molecule has 1 aromatic heterocycles. The quantitative estimate of drug-likeness (QED) is 0.167. The Kier molecular flexibility index (Phi) is 5.95. The van der Waals surface area contributed by atoms with Gasteiger partial charge in [-0.05, 0) is 65.7 Å². The van der Waals surface area contributed by atoms with E-state index in [0.29, 0.717) is 32.4 Å². The molecule has 0 spiro atoms. The molecule has 36 heavy (non-hydrogen) atoms. The Morgan fingerprint density at radius 3 is 2.44 bits per heavy atom. The summed E-state index contributed by atoms with van der Waals surface area (Å²) in [5.74, 6) is -0.913. The molecule has 2 heterocycles. The molecule has 3 aromatic carbocycles. The average Bonchev–Trinajstić information content (AvgIpc) is 3.26. The summed E-state index contributed by atoms with van der Waals surface area (Å²) in [4.78, 5) is 39.8. The van der Waals surface area contributed by atoms with E-state index >= 15 is 0 Å². The number of carbonyl (C=O) groups is 2. The van der Waals surface area contributed by atoms with E-state index in [4.69, 9.17) is 0 Å². The summed E-state index contributed by atoms with van der Waals surface area (Å²) in [6.45, 7) is 1.88. The maximum absolute atomic E-state index is 13.6. The SMILES string of the molecule is Cc1cccc(N2C(=O)/C(=C\c3ccc(Sc4nncn4C)c([N+](=O)[O-])c3)c3ccccc3C2=O)c1. The van der Waals surface area contributed by atoms with Crippen molar-refractivity contribution in [2.24, 2.45) is 7.05 Å². The number of nitro groups is 1. The summed E-state index contributed by atoms with van der Waals surface area (Å²) in [6.07, 6.45) is 3.10. The first kappa shape index (κ1) is 23.2. The summed E-state index contributed by atoms with van der Waals surface area (Å²) >= 11 is 1.13. The van der Waals surface area contributed by atoms with Crippen LogP contribution in [0.25, 0.3) is 11.6 Å². The second-order valence-corrected chi connectivity index (χ2v) is 9.21. The Hall–Kier alpha value is -4.57. The molecule has 0 bridgehead atoms. The maximum Gasteiger partial charge on any atom is 0.283 e. The lowest BCUT2D eigenvalue weighted by Gasteiger charge is -2.29. The zero-order valence-electron chi connectivity index (χ0n) is 19.3. The molecule has 0 radical (unpaired) electrons. The monoisotopic (exact) mass is 497 g/mol. The summed E-state index contributed by atoms with van der Waals surface area (Å²) in [5, 5.41) is 20.1. The standard InChI is InChI=1S/C26H19N5O4S/c1-16-6-5-7-18(12-16)30-24(32)20-9-4-3-8-19(20)21(25(30)33)13-17-10-11-23(22(14-17)31(34)35)36-26-28-27-15-29(26)2/h3-15H,1-2H3/b21-13-. The largest absolute Gasteiger partial charge is 0.311 e. The summed E-state index contributed by atoms with van der Waals surface area (Å²) in [5.41, 5.74) is 2.84. The predicted molar refractivity (Wildman–Crippen MR) is 136 cm³/mol. The number of aryl methyl sites for hydroxylation is 2. The van der Waals surface area contributed by atoms with E-state index in [1.54, 1.807) is 72.3 Å². The molecular weight excluding hydrogens is 478 g/mol.